The minimum atomic E-state index is -3.65. The first-order valence-corrected chi connectivity index (χ1v) is 17.8. The smallest absolute Gasteiger partial charge is 0.308 e. The number of carbonyl (C=O) groups is 5. The van der Waals surface area contributed by atoms with E-state index in [2.05, 4.69) is 15.5 Å². The maximum atomic E-state index is 15.6. The number of nitrogens with one attached hydrogen (secondary N) is 2. The zero-order valence-corrected chi connectivity index (χ0v) is 29.2. The van der Waals surface area contributed by atoms with Gasteiger partial charge in [0.15, 0.2) is 0 Å². The summed E-state index contributed by atoms with van der Waals surface area (Å²) in [4.78, 5) is 69.7. The highest BCUT2D eigenvalue weighted by Gasteiger charge is 2.49. The number of Topliss-reactive ketones (excluding diaryl/α,β-unsaturated/α-hetero) is 1. The molecule has 1 aliphatic carbocycles. The van der Waals surface area contributed by atoms with Crippen LogP contribution in [0.4, 0.5) is 18.9 Å². The lowest BCUT2D eigenvalue weighted by atomic mass is 9.75. The molecule has 272 valence electrons. The average molecular weight is 692 g/mol. The zero-order chi connectivity index (χ0) is 35.9. The number of carbonyl (C=O) groups excluding carboxylic acids is 5. The van der Waals surface area contributed by atoms with Crippen LogP contribution in [0.3, 0.4) is 0 Å². The Morgan fingerprint density at radius 2 is 1.55 bits per heavy atom. The van der Waals surface area contributed by atoms with Gasteiger partial charge in [0, 0.05) is 76.8 Å². The summed E-state index contributed by atoms with van der Waals surface area (Å²) in [6.07, 6.45) is 3.32. The van der Waals surface area contributed by atoms with E-state index in [9.17, 15) is 24.0 Å². The predicted octanol–water partition coefficient (Wildman–Crippen LogP) is 4.59. The second-order valence-corrected chi connectivity index (χ2v) is 14.1. The van der Waals surface area contributed by atoms with Crippen LogP contribution in [0.25, 0.3) is 0 Å². The molecule has 2 heterocycles. The lowest BCUT2D eigenvalue weighted by molar-refractivity contribution is -0.158. The number of alkyl halides is 2. The van der Waals surface area contributed by atoms with Crippen LogP contribution in [-0.2, 0) is 24.0 Å². The number of piperidine rings is 1. The minimum absolute atomic E-state index is 0.00144. The molecule has 2 saturated heterocycles. The van der Waals surface area contributed by atoms with Gasteiger partial charge in [0.1, 0.15) is 11.9 Å². The molecular weight excluding hydrogens is 639 g/mol. The zero-order valence-electron chi connectivity index (χ0n) is 29.2. The van der Waals surface area contributed by atoms with Gasteiger partial charge in [-0.2, -0.15) is 8.78 Å². The number of likely N-dealkylation sites (tertiary alicyclic amines) is 1. The van der Waals surface area contributed by atoms with Crippen LogP contribution in [0.15, 0.2) is 18.2 Å². The Balaban J connectivity index is 1.48. The number of rotatable bonds is 12. The van der Waals surface area contributed by atoms with Crippen molar-refractivity contribution in [1.82, 2.24) is 20.0 Å². The summed E-state index contributed by atoms with van der Waals surface area (Å²) in [6.45, 7) is 7.52. The van der Waals surface area contributed by atoms with Crippen molar-refractivity contribution in [2.24, 2.45) is 17.8 Å². The van der Waals surface area contributed by atoms with E-state index in [-0.39, 0.29) is 61.7 Å². The highest BCUT2D eigenvalue weighted by molar-refractivity contribution is 5.97. The Morgan fingerprint density at radius 1 is 0.918 bits per heavy atom. The highest BCUT2D eigenvalue weighted by Crippen LogP contribution is 2.39. The van der Waals surface area contributed by atoms with E-state index in [0.29, 0.717) is 44.6 Å². The van der Waals surface area contributed by atoms with Crippen molar-refractivity contribution >= 4 is 35.1 Å². The first kappa shape index (κ1) is 38.3. The fourth-order valence-corrected chi connectivity index (χ4v) is 7.36. The van der Waals surface area contributed by atoms with E-state index >= 15 is 13.2 Å². The van der Waals surface area contributed by atoms with Crippen molar-refractivity contribution in [2.75, 3.05) is 51.6 Å². The molecular formula is C36H52F3N5O5. The summed E-state index contributed by atoms with van der Waals surface area (Å²) in [7, 11) is 1.97. The molecule has 0 aromatic heterocycles. The maximum Gasteiger partial charge on any atom is 0.308 e. The van der Waals surface area contributed by atoms with Gasteiger partial charge in [-0.25, -0.2) is 4.39 Å². The van der Waals surface area contributed by atoms with E-state index in [0.717, 1.165) is 19.3 Å². The van der Waals surface area contributed by atoms with Gasteiger partial charge in [0.05, 0.1) is 5.69 Å². The highest BCUT2D eigenvalue weighted by atomic mass is 19.3. The first-order chi connectivity index (χ1) is 23.2. The number of halogens is 3. The van der Waals surface area contributed by atoms with Crippen LogP contribution in [0, 0.1) is 23.6 Å². The van der Waals surface area contributed by atoms with Gasteiger partial charge in [-0.3, -0.25) is 24.0 Å². The van der Waals surface area contributed by atoms with Crippen LogP contribution >= 0.6 is 0 Å². The number of benzene rings is 1. The topological polar surface area (TPSA) is 119 Å². The third-order valence-electron chi connectivity index (χ3n) is 10.8. The van der Waals surface area contributed by atoms with Crippen molar-refractivity contribution in [2.45, 2.75) is 96.4 Å². The molecule has 3 fully saturated rings. The van der Waals surface area contributed by atoms with E-state index in [1.165, 1.54) is 24.0 Å². The van der Waals surface area contributed by atoms with Gasteiger partial charge in [0.2, 0.25) is 29.4 Å². The lowest BCUT2D eigenvalue weighted by Crippen LogP contribution is -2.55. The summed E-state index contributed by atoms with van der Waals surface area (Å²) < 4.78 is 46.6. The van der Waals surface area contributed by atoms with Crippen LogP contribution in [0.5, 0.6) is 0 Å². The molecule has 0 spiro atoms. The number of amides is 4. The molecule has 1 aromatic carbocycles. The van der Waals surface area contributed by atoms with Gasteiger partial charge < -0.3 is 25.3 Å². The monoisotopic (exact) mass is 691 g/mol. The minimum Gasteiger partial charge on any atom is -0.344 e. The molecule has 4 amide bonds. The largest absolute Gasteiger partial charge is 0.344 e. The summed E-state index contributed by atoms with van der Waals surface area (Å²) in [5.41, 5.74) is 0.283. The Kier molecular flexibility index (Phi) is 13.3. The number of piperazine rings is 1. The van der Waals surface area contributed by atoms with Gasteiger partial charge in [-0.1, -0.05) is 39.2 Å². The Morgan fingerprint density at radius 3 is 2.12 bits per heavy atom. The molecule has 3 atom stereocenters. The number of nitrogens with zero attached hydrogens (tertiary/aromatic N) is 3. The van der Waals surface area contributed by atoms with Crippen LogP contribution < -0.4 is 10.6 Å². The molecule has 13 heteroatoms. The Bertz CT molecular complexity index is 1350. The molecule has 0 bridgehead atoms. The average Bonchev–Trinajstić information content (AvgIpc) is 3.10. The molecule has 3 aliphatic rings. The molecule has 2 N–H and O–H groups in total. The molecule has 10 nitrogen and oxygen atoms in total. The Labute approximate surface area is 287 Å². The third-order valence-corrected chi connectivity index (χ3v) is 10.8. The summed E-state index contributed by atoms with van der Waals surface area (Å²) in [5.74, 6) is -10.3. The molecule has 2 aliphatic heterocycles. The molecule has 0 unspecified atom stereocenters. The van der Waals surface area contributed by atoms with E-state index in [4.69, 9.17) is 0 Å². The SMILES string of the molecule is CCC(=O)N[C@@H](C(=O)N1CCN(C)CC1)[C@@H](C)c1ccc(NC(=O)[C@@H](CC(=O)C(F)(F)C2CCN(C(C)=O)CC2)C2CCCCC2)c(F)c1. The van der Waals surface area contributed by atoms with Gasteiger partial charge in [-0.15, -0.1) is 0 Å². The molecule has 0 radical (unpaired) electrons. The first-order valence-electron chi connectivity index (χ1n) is 17.8. The van der Waals surface area contributed by atoms with E-state index < -0.39 is 53.6 Å². The van der Waals surface area contributed by atoms with Gasteiger partial charge >= 0.3 is 5.92 Å². The molecule has 49 heavy (non-hydrogen) atoms. The van der Waals surface area contributed by atoms with Gasteiger partial charge in [0.25, 0.3) is 0 Å². The summed E-state index contributed by atoms with van der Waals surface area (Å²) in [6, 6.07) is 3.24. The molecule has 1 saturated carbocycles. The summed E-state index contributed by atoms with van der Waals surface area (Å²) in [5, 5.41) is 5.38. The fraction of sp³-hybridized carbons (Fsp3) is 0.694. The Hall–Kier alpha value is -3.48. The van der Waals surface area contributed by atoms with Crippen LogP contribution in [0.2, 0.25) is 0 Å². The number of hydrogen-bond acceptors (Lipinski definition) is 6. The van der Waals surface area contributed by atoms with Gasteiger partial charge in [-0.05, 0) is 56.3 Å². The summed E-state index contributed by atoms with van der Waals surface area (Å²) >= 11 is 0. The second kappa shape index (κ2) is 17.0. The molecule has 4 rings (SSSR count). The number of likely N-dealkylation sites (N-methyl/N-ethyl adjacent to an activating group) is 1. The van der Waals surface area contributed by atoms with Crippen molar-refractivity contribution in [3.8, 4) is 0 Å². The molecule has 1 aromatic rings. The van der Waals surface area contributed by atoms with E-state index in [1.807, 2.05) is 7.05 Å². The fourth-order valence-electron chi connectivity index (χ4n) is 7.36. The quantitative estimate of drug-likeness (QED) is 0.331. The lowest BCUT2D eigenvalue weighted by Gasteiger charge is -2.36. The number of ketones is 1. The van der Waals surface area contributed by atoms with Crippen molar-refractivity contribution < 1.29 is 37.1 Å². The van der Waals surface area contributed by atoms with Crippen molar-refractivity contribution in [3.05, 3.63) is 29.6 Å². The van der Waals surface area contributed by atoms with Crippen LogP contribution in [-0.4, -0.2) is 102 Å². The number of anilines is 1. The third kappa shape index (κ3) is 9.61. The van der Waals surface area contributed by atoms with Crippen LogP contribution in [0.1, 0.15) is 90.0 Å². The maximum absolute atomic E-state index is 15.6. The second-order valence-electron chi connectivity index (χ2n) is 14.1. The predicted molar refractivity (Wildman–Crippen MR) is 179 cm³/mol. The number of hydrogen-bond donors (Lipinski definition) is 2. The van der Waals surface area contributed by atoms with Crippen molar-refractivity contribution in [1.29, 1.82) is 0 Å². The normalized spacial score (nSPS) is 20.3. The standard InChI is InChI=1S/C36H52F3N5O5/c1-5-32(47)41-33(35(49)44-19-17-42(4)18-20-44)23(2)26-11-12-30(29(37)21-26)40-34(48)28(25-9-7-6-8-10-25)22-31(46)36(38,39)27-13-15-43(16-14-27)24(3)45/h11-12,21,23,25,27-28,33H,5-10,13-20,22H2,1-4H3,(H,40,48)(H,41,47)/t23-,28-,33+/m0/s1. The van der Waals surface area contributed by atoms with Crippen molar-refractivity contribution in [3.63, 3.8) is 0 Å². The van der Waals surface area contributed by atoms with E-state index in [1.54, 1.807) is 24.8 Å².